The van der Waals surface area contributed by atoms with Crippen LogP contribution in [0.5, 0.6) is 5.88 Å². The van der Waals surface area contributed by atoms with E-state index in [0.29, 0.717) is 23.1 Å². The molecule has 1 aliphatic carbocycles. The molecular formula is C11H15BrClN3O. The molecule has 4 nitrogen and oxygen atoms in total. The van der Waals surface area contributed by atoms with Crippen molar-refractivity contribution >= 4 is 33.5 Å². The van der Waals surface area contributed by atoms with E-state index in [-0.39, 0.29) is 0 Å². The number of rotatable bonds is 6. The SMILES string of the molecule is COc1nc(NCC2(CCCl)CC2)ncc1Br. The third-order valence-electron chi connectivity index (χ3n) is 3.11. The molecule has 1 aromatic rings. The fourth-order valence-corrected chi connectivity index (χ4v) is 2.49. The maximum Gasteiger partial charge on any atom is 0.232 e. The Morgan fingerprint density at radius 3 is 2.94 bits per heavy atom. The first kappa shape index (κ1) is 12.9. The molecule has 0 radical (unpaired) electrons. The molecule has 0 aromatic carbocycles. The van der Waals surface area contributed by atoms with Crippen LogP contribution in [-0.2, 0) is 0 Å². The van der Waals surface area contributed by atoms with Gasteiger partial charge < -0.3 is 10.1 Å². The van der Waals surface area contributed by atoms with E-state index in [0.717, 1.165) is 17.4 Å². The lowest BCUT2D eigenvalue weighted by molar-refractivity contribution is 0.394. The van der Waals surface area contributed by atoms with Gasteiger partial charge in [-0.1, -0.05) is 0 Å². The zero-order valence-corrected chi connectivity index (χ0v) is 12.0. The number of ether oxygens (including phenoxy) is 1. The van der Waals surface area contributed by atoms with Crippen molar-refractivity contribution in [2.75, 3.05) is 24.9 Å². The minimum atomic E-state index is 0.366. The van der Waals surface area contributed by atoms with Crippen LogP contribution in [0.3, 0.4) is 0 Å². The molecule has 0 bridgehead atoms. The van der Waals surface area contributed by atoms with Gasteiger partial charge in [0.1, 0.15) is 0 Å². The summed E-state index contributed by atoms with van der Waals surface area (Å²) in [6.45, 7) is 0.879. The normalized spacial score (nSPS) is 16.6. The van der Waals surface area contributed by atoms with Crippen molar-refractivity contribution in [3.8, 4) is 5.88 Å². The number of hydrogen-bond acceptors (Lipinski definition) is 4. The van der Waals surface area contributed by atoms with Crippen LogP contribution >= 0.6 is 27.5 Å². The van der Waals surface area contributed by atoms with Crippen molar-refractivity contribution in [2.45, 2.75) is 19.3 Å². The largest absolute Gasteiger partial charge is 0.480 e. The van der Waals surface area contributed by atoms with E-state index in [1.54, 1.807) is 13.3 Å². The van der Waals surface area contributed by atoms with Gasteiger partial charge in [-0.3, -0.25) is 0 Å². The van der Waals surface area contributed by atoms with Crippen LogP contribution in [-0.4, -0.2) is 29.5 Å². The van der Waals surface area contributed by atoms with Crippen molar-refractivity contribution in [3.63, 3.8) is 0 Å². The lowest BCUT2D eigenvalue weighted by atomic mass is 10.0. The number of aromatic nitrogens is 2. The first-order chi connectivity index (χ1) is 8.19. The second kappa shape index (κ2) is 5.40. The summed E-state index contributed by atoms with van der Waals surface area (Å²) in [6, 6.07) is 0. The summed E-state index contributed by atoms with van der Waals surface area (Å²) >= 11 is 9.11. The van der Waals surface area contributed by atoms with E-state index < -0.39 is 0 Å². The Labute approximate surface area is 114 Å². The van der Waals surface area contributed by atoms with Gasteiger partial charge in [0.25, 0.3) is 0 Å². The molecule has 17 heavy (non-hydrogen) atoms. The topological polar surface area (TPSA) is 47.0 Å². The van der Waals surface area contributed by atoms with Crippen LogP contribution in [0, 0.1) is 5.41 Å². The van der Waals surface area contributed by atoms with Crippen molar-refractivity contribution in [2.24, 2.45) is 5.41 Å². The van der Waals surface area contributed by atoms with Gasteiger partial charge in [-0.15, -0.1) is 11.6 Å². The van der Waals surface area contributed by atoms with E-state index in [1.165, 1.54) is 12.8 Å². The van der Waals surface area contributed by atoms with Crippen molar-refractivity contribution in [3.05, 3.63) is 10.7 Å². The molecule has 2 rings (SSSR count). The second-order valence-electron chi connectivity index (χ2n) is 4.34. The predicted octanol–water partition coefficient (Wildman–Crippen LogP) is 3.07. The molecule has 0 unspecified atom stereocenters. The molecule has 1 aliphatic rings. The van der Waals surface area contributed by atoms with Crippen LogP contribution < -0.4 is 10.1 Å². The summed E-state index contributed by atoms with van der Waals surface area (Å²) in [4.78, 5) is 8.45. The molecule has 1 aromatic heterocycles. The van der Waals surface area contributed by atoms with Crippen molar-refractivity contribution < 1.29 is 4.74 Å². The third-order valence-corrected chi connectivity index (χ3v) is 3.84. The van der Waals surface area contributed by atoms with Gasteiger partial charge in [0.2, 0.25) is 11.8 Å². The van der Waals surface area contributed by atoms with Gasteiger partial charge in [0.15, 0.2) is 0 Å². The Kier molecular flexibility index (Phi) is 4.09. The van der Waals surface area contributed by atoms with E-state index in [1.807, 2.05) is 0 Å². The average molecular weight is 321 g/mol. The van der Waals surface area contributed by atoms with Crippen LogP contribution in [0.15, 0.2) is 10.7 Å². The summed E-state index contributed by atoms with van der Waals surface area (Å²) in [5.41, 5.74) is 0.366. The highest BCUT2D eigenvalue weighted by atomic mass is 79.9. The number of nitrogens with one attached hydrogen (secondary N) is 1. The molecule has 0 amide bonds. The maximum absolute atomic E-state index is 5.79. The molecule has 0 atom stereocenters. The van der Waals surface area contributed by atoms with Crippen LogP contribution in [0.25, 0.3) is 0 Å². The average Bonchev–Trinajstić information content (AvgIpc) is 3.09. The molecule has 6 heteroatoms. The summed E-state index contributed by atoms with van der Waals surface area (Å²) in [6.07, 6.45) is 5.21. The summed E-state index contributed by atoms with van der Waals surface area (Å²) in [5.74, 6) is 1.86. The summed E-state index contributed by atoms with van der Waals surface area (Å²) in [5, 5.41) is 3.25. The first-order valence-electron chi connectivity index (χ1n) is 5.55. The zero-order valence-electron chi connectivity index (χ0n) is 9.67. The number of methoxy groups -OCH3 is 1. The molecule has 0 saturated heterocycles. The Morgan fingerprint density at radius 2 is 2.35 bits per heavy atom. The van der Waals surface area contributed by atoms with E-state index in [4.69, 9.17) is 16.3 Å². The summed E-state index contributed by atoms with van der Waals surface area (Å²) in [7, 11) is 1.59. The standard InChI is InChI=1S/C11H15BrClN3O/c1-17-9-8(12)6-14-10(16-9)15-7-11(2-3-11)4-5-13/h6H,2-5,7H2,1H3,(H,14,15,16). The minimum Gasteiger partial charge on any atom is -0.480 e. The molecular weight excluding hydrogens is 305 g/mol. The highest BCUT2D eigenvalue weighted by Gasteiger charge is 2.41. The zero-order chi connectivity index (χ0) is 12.3. The molecule has 1 N–H and O–H groups in total. The molecule has 0 aliphatic heterocycles. The van der Waals surface area contributed by atoms with Gasteiger partial charge >= 0.3 is 0 Å². The maximum atomic E-state index is 5.79. The predicted molar refractivity (Wildman–Crippen MR) is 71.8 cm³/mol. The van der Waals surface area contributed by atoms with Crippen LogP contribution in [0.4, 0.5) is 5.95 Å². The first-order valence-corrected chi connectivity index (χ1v) is 6.88. The van der Waals surface area contributed by atoms with Crippen molar-refractivity contribution in [1.82, 2.24) is 9.97 Å². The highest BCUT2D eigenvalue weighted by molar-refractivity contribution is 9.10. The fourth-order valence-electron chi connectivity index (χ4n) is 1.74. The monoisotopic (exact) mass is 319 g/mol. The lowest BCUT2D eigenvalue weighted by Crippen LogP contribution is -2.17. The van der Waals surface area contributed by atoms with Crippen LogP contribution in [0.1, 0.15) is 19.3 Å². The van der Waals surface area contributed by atoms with Gasteiger partial charge in [-0.25, -0.2) is 4.98 Å². The Balaban J connectivity index is 1.95. The molecule has 1 fully saturated rings. The minimum absolute atomic E-state index is 0.366. The second-order valence-corrected chi connectivity index (χ2v) is 5.58. The molecule has 0 spiro atoms. The third kappa shape index (κ3) is 3.22. The molecule has 1 saturated carbocycles. The van der Waals surface area contributed by atoms with E-state index in [9.17, 15) is 0 Å². The van der Waals surface area contributed by atoms with Gasteiger partial charge in [0, 0.05) is 12.4 Å². The Morgan fingerprint density at radius 1 is 1.59 bits per heavy atom. The lowest BCUT2D eigenvalue weighted by Gasteiger charge is -2.14. The quantitative estimate of drug-likeness (QED) is 0.818. The Bertz CT molecular complexity index is 398. The fraction of sp³-hybridized carbons (Fsp3) is 0.636. The number of halogens is 2. The van der Waals surface area contributed by atoms with Crippen LogP contribution in [0.2, 0.25) is 0 Å². The Hall–Kier alpha value is -0.550. The van der Waals surface area contributed by atoms with Gasteiger partial charge in [-0.05, 0) is 40.6 Å². The smallest absolute Gasteiger partial charge is 0.232 e. The van der Waals surface area contributed by atoms with Crippen molar-refractivity contribution in [1.29, 1.82) is 0 Å². The highest BCUT2D eigenvalue weighted by Crippen LogP contribution is 2.48. The number of hydrogen-bond donors (Lipinski definition) is 1. The van der Waals surface area contributed by atoms with Gasteiger partial charge in [-0.2, -0.15) is 4.98 Å². The van der Waals surface area contributed by atoms with E-state index in [2.05, 4.69) is 31.2 Å². The van der Waals surface area contributed by atoms with Gasteiger partial charge in [0.05, 0.1) is 17.8 Å². The molecule has 94 valence electrons. The van der Waals surface area contributed by atoms with E-state index >= 15 is 0 Å². The summed E-state index contributed by atoms with van der Waals surface area (Å²) < 4.78 is 5.88. The number of nitrogens with zero attached hydrogens (tertiary/aromatic N) is 2. The number of alkyl halides is 1. The molecule has 1 heterocycles. The number of anilines is 1.